The molecule has 3 N–H and O–H groups in total. The number of aromatic nitrogens is 1. The second-order valence-corrected chi connectivity index (χ2v) is 7.66. The van der Waals surface area contributed by atoms with Gasteiger partial charge >= 0.3 is 0 Å². The van der Waals surface area contributed by atoms with E-state index in [1.165, 1.54) is 0 Å². The number of fused-ring (bicyclic) bond motifs is 1. The first-order valence-corrected chi connectivity index (χ1v) is 10.9. The van der Waals surface area contributed by atoms with Crippen LogP contribution < -0.4 is 25.3 Å². The number of pyridine rings is 1. The SMILES string of the molecule is COc1ccc(-c2cc(C(=O)Nc3ccccc3OCCC(N)=O)c3ccccc3n2)cc1OC. The van der Waals surface area contributed by atoms with Crippen molar-refractivity contribution in [2.45, 2.75) is 6.42 Å². The average Bonchev–Trinajstić information content (AvgIpc) is 2.88. The van der Waals surface area contributed by atoms with Gasteiger partial charge in [-0.2, -0.15) is 0 Å². The lowest BCUT2D eigenvalue weighted by Gasteiger charge is -2.14. The molecule has 0 unspecified atom stereocenters. The van der Waals surface area contributed by atoms with Crippen molar-refractivity contribution in [3.8, 4) is 28.5 Å². The quantitative estimate of drug-likeness (QED) is 0.374. The fourth-order valence-electron chi connectivity index (χ4n) is 3.65. The van der Waals surface area contributed by atoms with Crippen LogP contribution >= 0.6 is 0 Å². The van der Waals surface area contributed by atoms with Gasteiger partial charge in [0.2, 0.25) is 5.91 Å². The van der Waals surface area contributed by atoms with Gasteiger partial charge in [-0.1, -0.05) is 30.3 Å². The molecule has 8 nitrogen and oxygen atoms in total. The molecule has 0 radical (unpaired) electrons. The molecule has 3 aromatic carbocycles. The number of nitrogens with zero attached hydrogens (tertiary/aromatic N) is 1. The van der Waals surface area contributed by atoms with Crippen LogP contribution in [0.25, 0.3) is 22.2 Å². The number of hydrogen-bond acceptors (Lipinski definition) is 6. The van der Waals surface area contributed by atoms with E-state index in [1.807, 2.05) is 36.4 Å². The van der Waals surface area contributed by atoms with Gasteiger partial charge < -0.3 is 25.3 Å². The Labute approximate surface area is 202 Å². The second kappa shape index (κ2) is 10.6. The Morgan fingerprint density at radius 3 is 2.40 bits per heavy atom. The zero-order chi connectivity index (χ0) is 24.8. The fourth-order valence-corrected chi connectivity index (χ4v) is 3.65. The van der Waals surface area contributed by atoms with E-state index in [9.17, 15) is 9.59 Å². The minimum Gasteiger partial charge on any atom is -0.493 e. The highest BCUT2D eigenvalue weighted by atomic mass is 16.5. The molecule has 4 rings (SSSR count). The maximum Gasteiger partial charge on any atom is 0.256 e. The Kier molecular flexibility index (Phi) is 7.11. The molecule has 8 heteroatoms. The summed E-state index contributed by atoms with van der Waals surface area (Å²) >= 11 is 0. The van der Waals surface area contributed by atoms with Gasteiger partial charge in [-0.05, 0) is 42.5 Å². The minimum absolute atomic E-state index is 0.0754. The summed E-state index contributed by atoms with van der Waals surface area (Å²) in [6.45, 7) is 0.115. The van der Waals surface area contributed by atoms with E-state index in [0.29, 0.717) is 45.1 Å². The number of ether oxygens (including phenoxy) is 3. The maximum atomic E-state index is 13.5. The number of nitrogens with two attached hydrogens (primary N) is 1. The van der Waals surface area contributed by atoms with Gasteiger partial charge in [0, 0.05) is 10.9 Å². The summed E-state index contributed by atoms with van der Waals surface area (Å²) in [5.41, 5.74) is 8.19. The lowest BCUT2D eigenvalue weighted by molar-refractivity contribution is -0.118. The third-order valence-corrected chi connectivity index (χ3v) is 5.38. The zero-order valence-corrected chi connectivity index (χ0v) is 19.4. The largest absolute Gasteiger partial charge is 0.493 e. The number of rotatable bonds is 9. The lowest BCUT2D eigenvalue weighted by atomic mass is 10.0. The number of benzene rings is 3. The first-order valence-electron chi connectivity index (χ1n) is 10.9. The third kappa shape index (κ3) is 5.33. The molecule has 0 atom stereocenters. The maximum absolute atomic E-state index is 13.5. The van der Waals surface area contributed by atoms with Crippen LogP contribution in [0.3, 0.4) is 0 Å². The summed E-state index contributed by atoms with van der Waals surface area (Å²) in [7, 11) is 3.14. The van der Waals surface area contributed by atoms with Crippen LogP contribution in [0.2, 0.25) is 0 Å². The van der Waals surface area contributed by atoms with Crippen molar-refractivity contribution in [3.05, 3.63) is 78.4 Å². The van der Waals surface area contributed by atoms with Gasteiger partial charge in [0.25, 0.3) is 5.91 Å². The van der Waals surface area contributed by atoms with Gasteiger partial charge in [-0.25, -0.2) is 4.98 Å². The molecule has 0 aliphatic rings. The number of anilines is 1. The molecule has 4 aromatic rings. The van der Waals surface area contributed by atoms with Crippen molar-refractivity contribution < 1.29 is 23.8 Å². The molecule has 178 valence electrons. The monoisotopic (exact) mass is 471 g/mol. The molecular weight excluding hydrogens is 446 g/mol. The number of nitrogens with one attached hydrogen (secondary N) is 1. The van der Waals surface area contributed by atoms with Crippen molar-refractivity contribution in [2.75, 3.05) is 26.1 Å². The van der Waals surface area contributed by atoms with Gasteiger partial charge in [0.05, 0.1) is 49.7 Å². The molecule has 2 amide bonds. The van der Waals surface area contributed by atoms with E-state index in [1.54, 1.807) is 50.6 Å². The number of carbonyl (C=O) groups is 2. The first kappa shape index (κ1) is 23.6. The predicted octanol–water partition coefficient (Wildman–Crippen LogP) is 4.43. The average molecular weight is 472 g/mol. The van der Waals surface area contributed by atoms with Crippen molar-refractivity contribution in [3.63, 3.8) is 0 Å². The van der Waals surface area contributed by atoms with E-state index in [0.717, 1.165) is 5.56 Å². The van der Waals surface area contributed by atoms with Crippen LogP contribution in [0.1, 0.15) is 16.8 Å². The number of amides is 2. The molecular formula is C27H25N3O5. The lowest BCUT2D eigenvalue weighted by Crippen LogP contribution is -2.16. The number of hydrogen-bond donors (Lipinski definition) is 2. The van der Waals surface area contributed by atoms with E-state index < -0.39 is 5.91 Å². The summed E-state index contributed by atoms with van der Waals surface area (Å²) in [5.74, 6) is 0.824. The molecule has 0 aliphatic carbocycles. The summed E-state index contributed by atoms with van der Waals surface area (Å²) < 4.78 is 16.4. The summed E-state index contributed by atoms with van der Waals surface area (Å²) in [5, 5.41) is 3.63. The van der Waals surface area contributed by atoms with E-state index in [2.05, 4.69) is 5.32 Å². The van der Waals surface area contributed by atoms with Crippen LogP contribution in [0.5, 0.6) is 17.2 Å². The number of para-hydroxylation sites is 3. The predicted molar refractivity (Wildman–Crippen MR) is 134 cm³/mol. The first-order chi connectivity index (χ1) is 17.0. The minimum atomic E-state index is -0.461. The number of carbonyl (C=O) groups excluding carboxylic acids is 2. The van der Waals surface area contributed by atoms with Crippen LogP contribution in [0, 0.1) is 0 Å². The number of methoxy groups -OCH3 is 2. The Morgan fingerprint density at radius 2 is 1.63 bits per heavy atom. The van der Waals surface area contributed by atoms with Gasteiger partial charge in [-0.3, -0.25) is 9.59 Å². The Hall–Kier alpha value is -4.59. The summed E-state index contributed by atoms with van der Waals surface area (Å²) in [4.78, 5) is 29.3. The van der Waals surface area contributed by atoms with Crippen molar-refractivity contribution >= 4 is 28.4 Å². The normalized spacial score (nSPS) is 10.6. The van der Waals surface area contributed by atoms with Crippen LogP contribution in [-0.2, 0) is 4.79 Å². The zero-order valence-electron chi connectivity index (χ0n) is 19.4. The second-order valence-electron chi connectivity index (χ2n) is 7.66. The van der Waals surface area contributed by atoms with Crippen molar-refractivity contribution in [2.24, 2.45) is 5.73 Å². The van der Waals surface area contributed by atoms with E-state index in [4.69, 9.17) is 24.9 Å². The molecule has 0 aliphatic heterocycles. The van der Waals surface area contributed by atoms with Crippen molar-refractivity contribution in [1.29, 1.82) is 0 Å². The number of primary amides is 1. The molecule has 0 saturated heterocycles. The molecule has 35 heavy (non-hydrogen) atoms. The molecule has 0 saturated carbocycles. The van der Waals surface area contributed by atoms with Crippen molar-refractivity contribution in [1.82, 2.24) is 4.98 Å². The Bertz CT molecular complexity index is 1390. The Morgan fingerprint density at radius 1 is 0.886 bits per heavy atom. The van der Waals surface area contributed by atoms with Crippen LogP contribution in [0.4, 0.5) is 5.69 Å². The fraction of sp³-hybridized carbons (Fsp3) is 0.148. The Balaban J connectivity index is 1.71. The standard InChI is InChI=1S/C27H25N3O5/c1-33-24-12-11-17(15-25(24)34-2)22-16-19(18-7-3-4-8-20(18)29-22)27(32)30-21-9-5-6-10-23(21)35-14-13-26(28)31/h3-12,15-16H,13-14H2,1-2H3,(H2,28,31)(H,30,32). The summed E-state index contributed by atoms with van der Waals surface area (Å²) in [6, 6.07) is 21.7. The highest BCUT2D eigenvalue weighted by Crippen LogP contribution is 2.33. The van der Waals surface area contributed by atoms with E-state index >= 15 is 0 Å². The molecule has 0 spiro atoms. The molecule has 1 aromatic heterocycles. The van der Waals surface area contributed by atoms with Gasteiger partial charge in [0.15, 0.2) is 11.5 Å². The van der Waals surface area contributed by atoms with Crippen LogP contribution in [0.15, 0.2) is 72.8 Å². The molecule has 0 bridgehead atoms. The van der Waals surface area contributed by atoms with E-state index in [-0.39, 0.29) is 18.9 Å². The highest BCUT2D eigenvalue weighted by Gasteiger charge is 2.17. The topological polar surface area (TPSA) is 113 Å². The highest BCUT2D eigenvalue weighted by molar-refractivity contribution is 6.13. The third-order valence-electron chi connectivity index (χ3n) is 5.38. The van der Waals surface area contributed by atoms with Gasteiger partial charge in [-0.15, -0.1) is 0 Å². The summed E-state index contributed by atoms with van der Waals surface area (Å²) in [6.07, 6.45) is 0.0754. The smallest absolute Gasteiger partial charge is 0.256 e. The molecule has 0 fully saturated rings. The molecule has 1 heterocycles. The van der Waals surface area contributed by atoms with Crippen LogP contribution in [-0.4, -0.2) is 37.6 Å². The van der Waals surface area contributed by atoms with Gasteiger partial charge in [0.1, 0.15) is 5.75 Å².